The summed E-state index contributed by atoms with van der Waals surface area (Å²) in [6.45, 7) is 8.91. The molecule has 0 amide bonds. The van der Waals surface area contributed by atoms with Gasteiger partial charge in [-0.25, -0.2) is 0 Å². The lowest BCUT2D eigenvalue weighted by atomic mass is 9.83. The van der Waals surface area contributed by atoms with E-state index in [1.807, 2.05) is 12.1 Å². The van der Waals surface area contributed by atoms with Gasteiger partial charge in [-0.05, 0) is 43.8 Å². The van der Waals surface area contributed by atoms with E-state index in [-0.39, 0.29) is 0 Å². The van der Waals surface area contributed by atoms with Crippen LogP contribution in [0, 0.1) is 5.41 Å². The third-order valence-corrected chi connectivity index (χ3v) is 4.57. The van der Waals surface area contributed by atoms with Crippen LogP contribution in [0.5, 0.6) is 11.5 Å². The van der Waals surface area contributed by atoms with E-state index in [4.69, 9.17) is 9.47 Å². The van der Waals surface area contributed by atoms with E-state index >= 15 is 0 Å². The van der Waals surface area contributed by atoms with Gasteiger partial charge in [-0.3, -0.25) is 0 Å². The van der Waals surface area contributed by atoms with Gasteiger partial charge in [0.05, 0.1) is 14.2 Å². The molecule has 21 heavy (non-hydrogen) atoms. The van der Waals surface area contributed by atoms with Crippen molar-refractivity contribution in [3.63, 3.8) is 0 Å². The molecule has 0 heterocycles. The first-order chi connectivity index (χ1) is 9.93. The molecule has 0 saturated carbocycles. The Morgan fingerprint density at radius 3 is 2.43 bits per heavy atom. The second-order valence-corrected chi connectivity index (χ2v) is 6.91. The van der Waals surface area contributed by atoms with Gasteiger partial charge < -0.3 is 14.8 Å². The van der Waals surface area contributed by atoms with Gasteiger partial charge in [-0.2, -0.15) is 0 Å². The number of ether oxygens (including phenoxy) is 2. The maximum Gasteiger partial charge on any atom is 0.126 e. The summed E-state index contributed by atoms with van der Waals surface area (Å²) >= 11 is 3.64. The Bertz CT molecular complexity index is 447. The van der Waals surface area contributed by atoms with Crippen LogP contribution in [-0.2, 0) is 6.42 Å². The maximum absolute atomic E-state index is 5.51. The smallest absolute Gasteiger partial charge is 0.126 e. The minimum Gasteiger partial charge on any atom is -0.497 e. The summed E-state index contributed by atoms with van der Waals surface area (Å²) in [4.78, 5) is 0. The summed E-state index contributed by atoms with van der Waals surface area (Å²) in [6, 6.07) is 3.95. The molecule has 1 aromatic carbocycles. The van der Waals surface area contributed by atoms with Crippen LogP contribution in [0.15, 0.2) is 16.6 Å². The number of hydrogen-bond donors (Lipinski definition) is 1. The van der Waals surface area contributed by atoms with Gasteiger partial charge in [0, 0.05) is 16.1 Å². The predicted octanol–water partition coefficient (Wildman–Crippen LogP) is 4.42. The molecule has 1 rings (SSSR count). The first-order valence-corrected chi connectivity index (χ1v) is 8.34. The maximum atomic E-state index is 5.51. The van der Waals surface area contributed by atoms with Crippen LogP contribution in [0.2, 0.25) is 0 Å². The van der Waals surface area contributed by atoms with Crippen molar-refractivity contribution < 1.29 is 9.47 Å². The lowest BCUT2D eigenvalue weighted by Gasteiger charge is -2.25. The van der Waals surface area contributed by atoms with Gasteiger partial charge in [-0.15, -0.1) is 0 Å². The van der Waals surface area contributed by atoms with Gasteiger partial charge in [0.25, 0.3) is 0 Å². The average Bonchev–Trinajstić information content (AvgIpc) is 2.45. The first kappa shape index (κ1) is 18.3. The summed E-state index contributed by atoms with van der Waals surface area (Å²) in [6.07, 6.45) is 3.30. The second-order valence-electron chi connectivity index (χ2n) is 6.06. The molecular weight excluding hydrogens is 330 g/mol. The summed E-state index contributed by atoms with van der Waals surface area (Å²) in [5.74, 6) is 1.71. The van der Waals surface area contributed by atoms with E-state index in [2.05, 4.69) is 42.0 Å². The van der Waals surface area contributed by atoms with Gasteiger partial charge in [0.1, 0.15) is 11.5 Å². The SMILES string of the molecule is CCNCCC(C)(C)CCc1c(Br)cc(OC)cc1OC. The van der Waals surface area contributed by atoms with E-state index in [1.165, 1.54) is 12.0 Å². The van der Waals surface area contributed by atoms with E-state index in [0.717, 1.165) is 41.9 Å². The molecule has 0 spiro atoms. The summed E-state index contributed by atoms with van der Waals surface area (Å²) in [7, 11) is 3.38. The molecule has 0 aliphatic carbocycles. The molecule has 3 nitrogen and oxygen atoms in total. The van der Waals surface area contributed by atoms with Gasteiger partial charge >= 0.3 is 0 Å². The van der Waals surface area contributed by atoms with Crippen molar-refractivity contribution in [2.75, 3.05) is 27.3 Å². The summed E-state index contributed by atoms with van der Waals surface area (Å²) in [5.41, 5.74) is 1.53. The fraction of sp³-hybridized carbons (Fsp3) is 0.647. The highest BCUT2D eigenvalue weighted by molar-refractivity contribution is 9.10. The topological polar surface area (TPSA) is 30.5 Å². The second kappa shape index (κ2) is 8.64. The molecule has 0 atom stereocenters. The average molecular weight is 358 g/mol. The molecule has 0 aromatic heterocycles. The van der Waals surface area contributed by atoms with E-state index < -0.39 is 0 Å². The Labute approximate surface area is 137 Å². The monoisotopic (exact) mass is 357 g/mol. The highest BCUT2D eigenvalue weighted by atomic mass is 79.9. The molecule has 0 aliphatic rings. The van der Waals surface area contributed by atoms with Crippen LogP contribution in [0.1, 0.15) is 39.2 Å². The van der Waals surface area contributed by atoms with E-state index in [0.29, 0.717) is 5.41 Å². The zero-order valence-electron chi connectivity index (χ0n) is 13.9. The van der Waals surface area contributed by atoms with Crippen molar-refractivity contribution in [2.24, 2.45) is 5.41 Å². The van der Waals surface area contributed by atoms with E-state index in [9.17, 15) is 0 Å². The normalized spacial score (nSPS) is 11.5. The Balaban J connectivity index is 2.74. The van der Waals surface area contributed by atoms with Crippen LogP contribution >= 0.6 is 15.9 Å². The quantitative estimate of drug-likeness (QED) is 0.663. The standard InChI is InChI=1S/C17H28BrNO2/c1-6-19-10-9-17(2,3)8-7-14-15(18)11-13(20-4)12-16(14)21-5/h11-12,19H,6-10H2,1-5H3. The summed E-state index contributed by atoms with van der Waals surface area (Å²) < 4.78 is 11.9. The largest absolute Gasteiger partial charge is 0.497 e. The number of nitrogens with one attached hydrogen (secondary N) is 1. The number of methoxy groups -OCH3 is 2. The number of hydrogen-bond acceptors (Lipinski definition) is 3. The predicted molar refractivity (Wildman–Crippen MR) is 92.5 cm³/mol. The first-order valence-electron chi connectivity index (χ1n) is 7.54. The summed E-state index contributed by atoms with van der Waals surface area (Å²) in [5, 5.41) is 3.40. The molecule has 0 aliphatic heterocycles. The molecule has 4 heteroatoms. The molecule has 0 unspecified atom stereocenters. The van der Waals surface area contributed by atoms with Crippen molar-refractivity contribution >= 4 is 15.9 Å². The Kier molecular flexibility index (Phi) is 7.53. The van der Waals surface area contributed by atoms with Crippen molar-refractivity contribution in [1.82, 2.24) is 5.32 Å². The number of benzene rings is 1. The molecule has 120 valence electrons. The van der Waals surface area contributed by atoms with Crippen LogP contribution in [0.4, 0.5) is 0 Å². The van der Waals surface area contributed by atoms with Crippen LogP contribution in [0.3, 0.4) is 0 Å². The Morgan fingerprint density at radius 1 is 1.14 bits per heavy atom. The molecule has 1 N–H and O–H groups in total. The minimum absolute atomic E-state index is 0.312. The van der Waals surface area contributed by atoms with Crippen LogP contribution in [-0.4, -0.2) is 27.3 Å². The van der Waals surface area contributed by atoms with Crippen molar-refractivity contribution in [2.45, 2.75) is 40.0 Å². The number of halogens is 1. The lowest BCUT2D eigenvalue weighted by molar-refractivity contribution is 0.301. The van der Waals surface area contributed by atoms with Gasteiger partial charge in [-0.1, -0.05) is 36.7 Å². The van der Waals surface area contributed by atoms with Gasteiger partial charge in [0.15, 0.2) is 0 Å². The fourth-order valence-corrected chi connectivity index (χ4v) is 2.94. The number of rotatable bonds is 9. The Morgan fingerprint density at radius 2 is 1.86 bits per heavy atom. The molecular formula is C17H28BrNO2. The molecule has 0 saturated heterocycles. The third-order valence-electron chi connectivity index (χ3n) is 3.86. The zero-order chi connectivity index (χ0) is 15.9. The highest BCUT2D eigenvalue weighted by Gasteiger charge is 2.19. The van der Waals surface area contributed by atoms with Crippen molar-refractivity contribution in [1.29, 1.82) is 0 Å². The van der Waals surface area contributed by atoms with Crippen molar-refractivity contribution in [3.8, 4) is 11.5 Å². The molecule has 0 radical (unpaired) electrons. The lowest BCUT2D eigenvalue weighted by Crippen LogP contribution is -2.22. The zero-order valence-corrected chi connectivity index (χ0v) is 15.5. The van der Waals surface area contributed by atoms with Crippen molar-refractivity contribution in [3.05, 3.63) is 22.2 Å². The fourth-order valence-electron chi connectivity index (χ4n) is 2.32. The Hall–Kier alpha value is -0.740. The molecule has 0 bridgehead atoms. The molecule has 0 fully saturated rings. The minimum atomic E-state index is 0.312. The molecule has 1 aromatic rings. The van der Waals surface area contributed by atoms with E-state index in [1.54, 1.807) is 14.2 Å². The van der Waals surface area contributed by atoms with Crippen LogP contribution in [0.25, 0.3) is 0 Å². The van der Waals surface area contributed by atoms with Gasteiger partial charge in [0.2, 0.25) is 0 Å². The highest BCUT2D eigenvalue weighted by Crippen LogP contribution is 2.36. The third kappa shape index (κ3) is 5.87. The van der Waals surface area contributed by atoms with Crippen LogP contribution < -0.4 is 14.8 Å².